The second-order valence-corrected chi connectivity index (χ2v) is 23.4. The van der Waals surface area contributed by atoms with Crippen LogP contribution in [0.5, 0.6) is 0 Å². The highest BCUT2D eigenvalue weighted by molar-refractivity contribution is 5.91. The second-order valence-electron chi connectivity index (χ2n) is 23.4. The quantitative estimate of drug-likeness (QED) is 0.0233. The highest BCUT2D eigenvalue weighted by atomic mass is 19.4. The lowest BCUT2D eigenvalue weighted by Gasteiger charge is -2.35. The fourth-order valence-electron chi connectivity index (χ4n) is 12.4. The third kappa shape index (κ3) is 18.2. The molecule has 6 rings (SSSR count). The predicted octanol–water partition coefficient (Wildman–Crippen LogP) is 15.8. The number of halogens is 9. The molecule has 89 heavy (non-hydrogen) atoms. The molecule has 0 unspecified atom stereocenters. The summed E-state index contributed by atoms with van der Waals surface area (Å²) in [5, 5.41) is 0. The number of alkyl halides is 9. The van der Waals surface area contributed by atoms with Gasteiger partial charge in [0.15, 0.2) is 0 Å². The van der Waals surface area contributed by atoms with Gasteiger partial charge in [-0.05, 0) is 77.2 Å². The number of esters is 4. The van der Waals surface area contributed by atoms with E-state index in [0.29, 0.717) is 25.7 Å². The summed E-state index contributed by atoms with van der Waals surface area (Å²) in [6.45, 7) is 3.77. The highest BCUT2D eigenvalue weighted by Crippen LogP contribution is 2.47. The smallest absolute Gasteiger partial charge is 0.432 e. The van der Waals surface area contributed by atoms with E-state index < -0.39 is 125 Å². The normalized spacial score (nSPS) is 22.0. The van der Waals surface area contributed by atoms with E-state index in [-0.39, 0.29) is 63.4 Å². The summed E-state index contributed by atoms with van der Waals surface area (Å²) >= 11 is 0. The van der Waals surface area contributed by atoms with Crippen LogP contribution in [0.4, 0.5) is 39.5 Å². The van der Waals surface area contributed by atoms with E-state index >= 15 is 26.3 Å². The van der Waals surface area contributed by atoms with Gasteiger partial charge < -0.3 is 42.6 Å². The predicted molar refractivity (Wildman–Crippen MR) is 311 cm³/mol. The van der Waals surface area contributed by atoms with Crippen molar-refractivity contribution in [3.05, 3.63) is 119 Å². The molecule has 0 saturated carbocycles. The Morgan fingerprint density at radius 3 is 1.11 bits per heavy atom. The second kappa shape index (κ2) is 33.7. The number of benzene rings is 3. The lowest BCUT2D eigenvalue weighted by atomic mass is 9.92. The Bertz CT molecular complexity index is 2680. The van der Waals surface area contributed by atoms with E-state index in [0.717, 1.165) is 96.3 Å². The van der Waals surface area contributed by atoms with Crippen molar-refractivity contribution in [2.75, 3.05) is 21.3 Å². The van der Waals surface area contributed by atoms with Crippen molar-refractivity contribution < 1.29 is 101 Å². The van der Waals surface area contributed by atoms with Crippen LogP contribution in [0.15, 0.2) is 103 Å². The van der Waals surface area contributed by atoms with Crippen LogP contribution in [0.2, 0.25) is 0 Å². The Morgan fingerprint density at radius 1 is 0.472 bits per heavy atom. The van der Waals surface area contributed by atoms with Gasteiger partial charge in [0, 0.05) is 50.0 Å². The number of hydrogen-bond acceptors (Lipinski definition) is 13. The Balaban J connectivity index is 1.16. The van der Waals surface area contributed by atoms with Gasteiger partial charge in [-0.1, -0.05) is 181 Å². The fraction of sp³-hybridized carbons (Fsp3) is 0.642. The zero-order chi connectivity index (χ0) is 64.9. The SMILES string of the molecule is CCCCCCCCCCCCCC[C@@H](OC(=O)[C@](OC)(c1ccccc1)C(F)(F)F)[C@H]1CC[C@H]([C@H]2CC[C@H]([C@@H](CCCCCC[C@H](CC3=C[C@H](C)OC3=O)OC(=O)[C@](OC)(c3ccccc3)C(F)(F)F)OC(=O)[C@](OC)(c3ccccc3)C(F)(F)F)O2)O1. The van der Waals surface area contributed by atoms with Crippen molar-refractivity contribution in [1.29, 1.82) is 0 Å². The van der Waals surface area contributed by atoms with E-state index in [1.165, 1.54) is 92.8 Å². The molecule has 0 radical (unpaired) electrons. The molecule has 0 spiro atoms. The number of cyclic esters (lactones) is 1. The number of unbranched alkanes of at least 4 members (excludes halogenated alkanes) is 14. The summed E-state index contributed by atoms with van der Waals surface area (Å²) in [7, 11) is 2.27. The summed E-state index contributed by atoms with van der Waals surface area (Å²) in [4.78, 5) is 54.8. The number of ether oxygens (including phenoxy) is 9. The molecular weight excluding hydrogens is 1180 g/mol. The van der Waals surface area contributed by atoms with Crippen LogP contribution in [0.3, 0.4) is 0 Å². The lowest BCUT2D eigenvalue weighted by molar-refractivity contribution is -0.281. The number of rotatable bonds is 37. The number of carbonyl (C=O) groups excluding carboxylic acids is 4. The van der Waals surface area contributed by atoms with Gasteiger partial charge in [-0.25, -0.2) is 19.2 Å². The first-order valence-corrected chi connectivity index (χ1v) is 31.3. The average Bonchev–Trinajstić information content (AvgIpc) is 2.07. The molecule has 0 N–H and O–H groups in total. The molecule has 3 aromatic rings. The molecule has 2 saturated heterocycles. The van der Waals surface area contributed by atoms with Gasteiger partial charge in [0.25, 0.3) is 16.8 Å². The summed E-state index contributed by atoms with van der Waals surface area (Å²) in [6.07, 6.45) is -7.64. The molecule has 0 amide bonds. The maximum atomic E-state index is 15.3. The lowest BCUT2D eigenvalue weighted by Crippen LogP contribution is -2.53. The third-order valence-electron chi connectivity index (χ3n) is 17.3. The van der Waals surface area contributed by atoms with Crippen LogP contribution in [0.25, 0.3) is 0 Å². The van der Waals surface area contributed by atoms with Crippen LogP contribution >= 0.6 is 0 Å². The fourth-order valence-corrected chi connectivity index (χ4v) is 12.4. The Kier molecular flexibility index (Phi) is 27.4. The Morgan fingerprint density at radius 2 is 0.798 bits per heavy atom. The molecule has 3 aliphatic rings. The van der Waals surface area contributed by atoms with Crippen LogP contribution in [-0.4, -0.2) is 113 Å². The molecule has 0 aromatic heterocycles. The van der Waals surface area contributed by atoms with E-state index in [2.05, 4.69) is 6.92 Å². The van der Waals surface area contributed by atoms with Crippen molar-refractivity contribution >= 4 is 23.9 Å². The summed E-state index contributed by atoms with van der Waals surface area (Å²) in [5.74, 6) is -5.88. The number of methoxy groups -OCH3 is 3. The van der Waals surface area contributed by atoms with E-state index in [9.17, 15) is 32.3 Å². The Hall–Kier alpha value is -5.55. The number of carbonyl (C=O) groups is 4. The molecule has 3 aromatic carbocycles. The molecule has 2 fully saturated rings. The summed E-state index contributed by atoms with van der Waals surface area (Å²) in [6, 6.07) is 19.0. The summed E-state index contributed by atoms with van der Waals surface area (Å²) < 4.78 is 187. The van der Waals surface area contributed by atoms with Crippen molar-refractivity contribution in [3.8, 4) is 0 Å². The van der Waals surface area contributed by atoms with Crippen molar-refractivity contribution in [2.45, 2.75) is 252 Å². The Labute approximate surface area is 516 Å². The molecule has 22 heteroatoms. The maximum Gasteiger partial charge on any atom is 0.432 e. The van der Waals surface area contributed by atoms with Gasteiger partial charge in [-0.2, -0.15) is 39.5 Å². The van der Waals surface area contributed by atoms with Gasteiger partial charge in [-0.15, -0.1) is 0 Å². The number of hydrogen-bond donors (Lipinski definition) is 0. The first-order chi connectivity index (χ1) is 42.4. The molecule has 11 atom stereocenters. The van der Waals surface area contributed by atoms with Crippen molar-refractivity contribution in [1.82, 2.24) is 0 Å². The monoisotopic (exact) mass is 1270 g/mol. The maximum absolute atomic E-state index is 15.3. The molecule has 3 heterocycles. The van der Waals surface area contributed by atoms with Gasteiger partial charge in [-0.3, -0.25) is 0 Å². The average molecular weight is 1270 g/mol. The molecule has 0 aliphatic carbocycles. The molecule has 496 valence electrons. The van der Waals surface area contributed by atoms with E-state index in [4.69, 9.17) is 42.6 Å². The zero-order valence-electron chi connectivity index (χ0n) is 51.5. The van der Waals surface area contributed by atoms with E-state index in [1.54, 1.807) is 6.92 Å². The third-order valence-corrected chi connectivity index (χ3v) is 17.3. The minimum absolute atomic E-state index is 0.0353. The summed E-state index contributed by atoms with van der Waals surface area (Å²) in [5.41, 5.74) is -12.0. The molecular formula is C67H87F9O13. The van der Waals surface area contributed by atoms with Gasteiger partial charge in [0.1, 0.15) is 24.4 Å². The van der Waals surface area contributed by atoms with Crippen molar-refractivity contribution in [2.24, 2.45) is 0 Å². The van der Waals surface area contributed by atoms with Gasteiger partial charge in [0.2, 0.25) is 0 Å². The van der Waals surface area contributed by atoms with Crippen LogP contribution < -0.4 is 0 Å². The minimum atomic E-state index is -5.32. The highest BCUT2D eigenvalue weighted by Gasteiger charge is 2.67. The topological polar surface area (TPSA) is 151 Å². The molecule has 0 bridgehead atoms. The zero-order valence-corrected chi connectivity index (χ0v) is 51.5. The first-order valence-electron chi connectivity index (χ1n) is 31.3. The van der Waals surface area contributed by atoms with Crippen LogP contribution in [-0.2, 0) is 78.6 Å². The van der Waals surface area contributed by atoms with Crippen molar-refractivity contribution in [3.63, 3.8) is 0 Å². The minimum Gasteiger partial charge on any atom is -0.459 e. The van der Waals surface area contributed by atoms with Crippen LogP contribution in [0, 0.1) is 0 Å². The molecule has 3 aliphatic heterocycles. The standard InChI is InChI=1S/C67H87F9O13/c1-6-7-8-9-10-11-12-13-14-15-16-29-38-52(88-60(79)63(82-4,66(71,72)73)49-33-24-20-25-34-49)54-40-42-56(86-54)57-43-41-55(87-57)53(89-61(80)64(83-5,67(74,75)76)50-35-26-21-27-36-50)39-30-18-17-28-37-51(45-47-44-46(2)84-58(47)77)85-59(78)62(81-3,65(68,69)70)48-31-22-19-23-32-48/h19-27,31-36,44,46,51-57H,6-18,28-30,37-43,45H2,1-5H3/t46-,51+,52+,53+,54+,55+,56+,57+,62+,63+,64+/m0/s1. The van der Waals surface area contributed by atoms with E-state index in [1.807, 2.05) is 0 Å². The largest absolute Gasteiger partial charge is 0.459 e. The molecule has 13 nitrogen and oxygen atoms in total. The van der Waals surface area contributed by atoms with Gasteiger partial charge in [0.05, 0.1) is 24.4 Å². The van der Waals surface area contributed by atoms with Crippen LogP contribution in [0.1, 0.15) is 185 Å². The van der Waals surface area contributed by atoms with Gasteiger partial charge >= 0.3 is 42.4 Å². The first kappa shape index (κ1) is 72.5.